The summed E-state index contributed by atoms with van der Waals surface area (Å²) in [6, 6.07) is 4.01. The normalized spacial score (nSPS) is 21.0. The Balaban J connectivity index is 1.41. The lowest BCUT2D eigenvalue weighted by molar-refractivity contribution is -0.0713. The van der Waals surface area contributed by atoms with Gasteiger partial charge in [-0.15, -0.1) is 0 Å². The van der Waals surface area contributed by atoms with Gasteiger partial charge in [0.1, 0.15) is 5.82 Å². The highest BCUT2D eigenvalue weighted by Gasteiger charge is 2.32. The van der Waals surface area contributed by atoms with Gasteiger partial charge in [-0.1, -0.05) is 0 Å². The van der Waals surface area contributed by atoms with Crippen LogP contribution in [0.25, 0.3) is 11.3 Å². The Morgan fingerprint density at radius 3 is 2.47 bits per heavy atom. The van der Waals surface area contributed by atoms with Crippen molar-refractivity contribution in [2.45, 2.75) is 50.2 Å². The van der Waals surface area contributed by atoms with E-state index >= 15 is 0 Å². The number of piperidine rings is 1. The maximum atomic E-state index is 12.7. The molecule has 3 fully saturated rings. The first-order valence-corrected chi connectivity index (χ1v) is 10.5. The van der Waals surface area contributed by atoms with Crippen molar-refractivity contribution in [1.29, 1.82) is 0 Å². The molecule has 7 nitrogen and oxygen atoms in total. The highest BCUT2D eigenvalue weighted by atomic mass is 19.3. The molecule has 2 aliphatic heterocycles. The number of ether oxygens (including phenoxy) is 2. The monoisotopic (exact) mass is 417 g/mol. The van der Waals surface area contributed by atoms with Crippen molar-refractivity contribution in [3.8, 4) is 17.0 Å². The van der Waals surface area contributed by atoms with Crippen LogP contribution in [-0.2, 0) is 4.74 Å². The van der Waals surface area contributed by atoms with Crippen LogP contribution < -0.4 is 10.5 Å². The Morgan fingerprint density at radius 1 is 1.07 bits per heavy atom. The number of alkyl halides is 2. The third-order valence-corrected chi connectivity index (χ3v) is 6.18. The number of nitrogens with two attached hydrogens (primary N) is 1. The summed E-state index contributed by atoms with van der Waals surface area (Å²) < 4.78 is 35.2. The first-order valence-electron chi connectivity index (χ1n) is 10.5. The van der Waals surface area contributed by atoms with Crippen LogP contribution in [0.1, 0.15) is 49.0 Å². The Bertz CT molecular complexity index is 912. The maximum absolute atomic E-state index is 12.7. The van der Waals surface area contributed by atoms with Gasteiger partial charge in [0.15, 0.2) is 11.6 Å². The van der Waals surface area contributed by atoms with Crippen LogP contribution in [0, 0.1) is 0 Å². The Morgan fingerprint density at radius 2 is 1.83 bits per heavy atom. The zero-order valence-electron chi connectivity index (χ0n) is 16.6. The summed E-state index contributed by atoms with van der Waals surface area (Å²) in [5.41, 5.74) is 8.01. The van der Waals surface area contributed by atoms with E-state index in [0.717, 1.165) is 63.5 Å². The SMILES string of the molecule is Nc1ncc(-c2cc(C3CCN(C4COC4)CC3)nc(C3CC3)n2)cc1OC(F)F. The molecule has 4 heterocycles. The van der Waals surface area contributed by atoms with E-state index in [4.69, 9.17) is 20.4 Å². The fraction of sp³-hybridized carbons (Fsp3) is 0.571. The van der Waals surface area contributed by atoms with Crippen molar-refractivity contribution in [2.24, 2.45) is 0 Å². The lowest BCUT2D eigenvalue weighted by atomic mass is 9.91. The van der Waals surface area contributed by atoms with Gasteiger partial charge in [-0.3, -0.25) is 4.90 Å². The van der Waals surface area contributed by atoms with E-state index in [2.05, 4.69) is 14.6 Å². The molecule has 30 heavy (non-hydrogen) atoms. The number of aromatic nitrogens is 3. The summed E-state index contributed by atoms with van der Waals surface area (Å²) in [6.07, 6.45) is 5.80. The molecule has 0 unspecified atom stereocenters. The van der Waals surface area contributed by atoms with Crippen LogP contribution >= 0.6 is 0 Å². The van der Waals surface area contributed by atoms with Gasteiger partial charge in [-0.2, -0.15) is 8.78 Å². The molecule has 160 valence electrons. The number of hydrogen-bond donors (Lipinski definition) is 1. The van der Waals surface area contributed by atoms with Crippen molar-refractivity contribution >= 4 is 5.82 Å². The summed E-state index contributed by atoms with van der Waals surface area (Å²) in [4.78, 5) is 16.1. The standard InChI is InChI=1S/C21H25F2N5O2/c22-21(23)30-18-7-14(9-25-19(18)24)17-8-16(26-20(27-17)13-1-2-13)12-3-5-28(6-4-12)15-10-29-11-15/h7-9,12-13,15,21H,1-6,10-11H2,(H2,24,25). The molecular weight excluding hydrogens is 392 g/mol. The molecule has 0 radical (unpaired) electrons. The van der Waals surface area contributed by atoms with Crippen molar-refractivity contribution in [2.75, 3.05) is 32.0 Å². The zero-order valence-corrected chi connectivity index (χ0v) is 16.6. The number of hydrogen-bond acceptors (Lipinski definition) is 7. The Hall–Kier alpha value is -2.39. The third-order valence-electron chi connectivity index (χ3n) is 6.18. The molecule has 0 atom stereocenters. The number of rotatable bonds is 6. The molecule has 2 aromatic heterocycles. The van der Waals surface area contributed by atoms with Crippen LogP contribution in [0.4, 0.5) is 14.6 Å². The van der Waals surface area contributed by atoms with Gasteiger partial charge in [-0.05, 0) is 50.9 Å². The second kappa shape index (κ2) is 8.03. The van der Waals surface area contributed by atoms with E-state index in [0.29, 0.717) is 29.1 Å². The molecule has 0 spiro atoms. The second-order valence-corrected chi connectivity index (χ2v) is 8.30. The van der Waals surface area contributed by atoms with E-state index < -0.39 is 6.61 Å². The van der Waals surface area contributed by atoms with Gasteiger partial charge in [0.25, 0.3) is 0 Å². The number of halogens is 2. The average molecular weight is 417 g/mol. The zero-order chi connectivity index (χ0) is 20.7. The molecule has 2 aromatic rings. The second-order valence-electron chi connectivity index (χ2n) is 8.30. The van der Waals surface area contributed by atoms with Crippen molar-refractivity contribution in [3.63, 3.8) is 0 Å². The molecule has 1 aliphatic carbocycles. The highest BCUT2D eigenvalue weighted by Crippen LogP contribution is 2.40. The summed E-state index contributed by atoms with van der Waals surface area (Å²) in [7, 11) is 0. The molecule has 0 bridgehead atoms. The van der Waals surface area contributed by atoms with Crippen molar-refractivity contribution < 1.29 is 18.3 Å². The smallest absolute Gasteiger partial charge is 0.387 e. The first kappa shape index (κ1) is 19.6. The molecule has 0 aromatic carbocycles. The van der Waals surface area contributed by atoms with Gasteiger partial charge < -0.3 is 15.2 Å². The predicted octanol–water partition coefficient (Wildman–Crippen LogP) is 3.18. The van der Waals surface area contributed by atoms with Gasteiger partial charge >= 0.3 is 6.61 Å². The molecular formula is C21H25F2N5O2. The minimum absolute atomic E-state index is 0.0666. The van der Waals surface area contributed by atoms with Crippen LogP contribution in [0.2, 0.25) is 0 Å². The van der Waals surface area contributed by atoms with Crippen molar-refractivity contribution in [1.82, 2.24) is 19.9 Å². The summed E-state index contributed by atoms with van der Waals surface area (Å²) in [5, 5.41) is 0. The van der Waals surface area contributed by atoms with Crippen molar-refractivity contribution in [3.05, 3.63) is 29.8 Å². The number of likely N-dealkylation sites (tertiary alicyclic amines) is 1. The third kappa shape index (κ3) is 4.09. The van der Waals surface area contributed by atoms with E-state index in [1.807, 2.05) is 6.07 Å². The topological polar surface area (TPSA) is 86.4 Å². The van der Waals surface area contributed by atoms with Crippen LogP contribution in [0.15, 0.2) is 18.3 Å². The number of anilines is 1. The largest absolute Gasteiger partial charge is 0.431 e. The van der Waals surface area contributed by atoms with Gasteiger partial charge in [0, 0.05) is 29.3 Å². The Labute approximate surface area is 173 Å². The van der Waals surface area contributed by atoms with E-state index in [1.54, 1.807) is 6.20 Å². The van der Waals surface area contributed by atoms with Crippen LogP contribution in [0.5, 0.6) is 5.75 Å². The minimum Gasteiger partial charge on any atom is -0.431 e. The highest BCUT2D eigenvalue weighted by molar-refractivity contribution is 5.64. The minimum atomic E-state index is -2.96. The number of pyridine rings is 1. The maximum Gasteiger partial charge on any atom is 0.387 e. The fourth-order valence-electron chi connectivity index (χ4n) is 4.15. The summed E-state index contributed by atoms with van der Waals surface area (Å²) >= 11 is 0. The van der Waals surface area contributed by atoms with E-state index in [9.17, 15) is 8.78 Å². The van der Waals surface area contributed by atoms with Gasteiger partial charge in [0.05, 0.1) is 24.9 Å². The fourth-order valence-corrected chi connectivity index (χ4v) is 4.15. The van der Waals surface area contributed by atoms with Gasteiger partial charge in [0.2, 0.25) is 0 Å². The summed E-state index contributed by atoms with van der Waals surface area (Å²) in [6.45, 7) is 0.778. The molecule has 2 N–H and O–H groups in total. The van der Waals surface area contributed by atoms with Crippen LogP contribution in [-0.4, -0.2) is 58.8 Å². The molecule has 9 heteroatoms. The molecule has 0 amide bonds. The quantitative estimate of drug-likeness (QED) is 0.772. The predicted molar refractivity (Wildman–Crippen MR) is 106 cm³/mol. The number of nitrogens with zero attached hydrogens (tertiary/aromatic N) is 4. The molecule has 5 rings (SSSR count). The molecule has 2 saturated heterocycles. The lowest BCUT2D eigenvalue weighted by Gasteiger charge is -2.41. The summed E-state index contributed by atoms with van der Waals surface area (Å²) in [5.74, 6) is 1.38. The average Bonchev–Trinajstić information content (AvgIpc) is 3.54. The van der Waals surface area contributed by atoms with E-state index in [1.165, 1.54) is 6.07 Å². The number of nitrogen functional groups attached to an aromatic ring is 1. The molecule has 1 saturated carbocycles. The van der Waals surface area contributed by atoms with E-state index in [-0.39, 0.29) is 11.6 Å². The Kier molecular flexibility index (Phi) is 5.24. The first-order chi connectivity index (χ1) is 14.6. The van der Waals surface area contributed by atoms with Crippen LogP contribution in [0.3, 0.4) is 0 Å². The van der Waals surface area contributed by atoms with Gasteiger partial charge in [-0.25, -0.2) is 15.0 Å². The molecule has 3 aliphatic rings. The lowest BCUT2D eigenvalue weighted by Crippen LogP contribution is -2.51.